The van der Waals surface area contributed by atoms with Gasteiger partial charge in [-0.1, -0.05) is 35.4 Å². The monoisotopic (exact) mass is 425 g/mol. The van der Waals surface area contributed by atoms with Crippen LogP contribution >= 0.6 is 0 Å². The Balaban J connectivity index is 0.000000222. The second-order valence-corrected chi connectivity index (χ2v) is 8.63. The molecule has 158 valence electrons. The van der Waals surface area contributed by atoms with Crippen LogP contribution in [0.2, 0.25) is 0 Å². The number of anilines is 1. The molecule has 5 nitrogen and oxygen atoms in total. The van der Waals surface area contributed by atoms with Gasteiger partial charge in [0.25, 0.3) is 0 Å². The minimum Gasteiger partial charge on any atom is -0.462 e. The molecule has 3 aromatic carbocycles. The second kappa shape index (κ2) is 10.6. The van der Waals surface area contributed by atoms with Crippen LogP contribution in [-0.2, 0) is 14.6 Å². The summed E-state index contributed by atoms with van der Waals surface area (Å²) in [7, 11) is -1.54. The quantitative estimate of drug-likeness (QED) is 0.580. The van der Waals surface area contributed by atoms with Crippen LogP contribution in [0.3, 0.4) is 0 Å². The van der Waals surface area contributed by atoms with Crippen LogP contribution in [0.1, 0.15) is 28.4 Å². The van der Waals surface area contributed by atoms with E-state index in [1.165, 1.54) is 0 Å². The Hall–Kier alpha value is -3.12. The number of benzene rings is 3. The number of carbonyl (C=O) groups is 1. The number of nitrogens with one attached hydrogen (secondary N) is 1. The first-order chi connectivity index (χ1) is 14.3. The number of esters is 1. The molecule has 0 heterocycles. The van der Waals surface area contributed by atoms with E-state index in [9.17, 15) is 13.2 Å². The average molecular weight is 426 g/mol. The number of hydrogen-bond donors (Lipinski definition) is 1. The molecule has 6 heteroatoms. The summed E-state index contributed by atoms with van der Waals surface area (Å²) in [5.41, 5.74) is 3.66. The highest BCUT2D eigenvalue weighted by molar-refractivity contribution is 7.91. The number of ether oxygens (including phenoxy) is 1. The first-order valence-corrected chi connectivity index (χ1v) is 11.1. The molecule has 0 saturated heterocycles. The Labute approximate surface area is 178 Å². The largest absolute Gasteiger partial charge is 0.462 e. The maximum atomic E-state index is 12.3. The van der Waals surface area contributed by atoms with Gasteiger partial charge in [-0.15, -0.1) is 0 Å². The summed E-state index contributed by atoms with van der Waals surface area (Å²) >= 11 is 0. The Morgan fingerprint density at radius 1 is 0.800 bits per heavy atom. The lowest BCUT2D eigenvalue weighted by molar-refractivity contribution is 0.0526. The van der Waals surface area contributed by atoms with Crippen molar-refractivity contribution >= 4 is 21.5 Å². The zero-order valence-electron chi connectivity index (χ0n) is 17.7. The smallest absolute Gasteiger partial charge is 0.338 e. The maximum absolute atomic E-state index is 12.3. The van der Waals surface area contributed by atoms with Crippen molar-refractivity contribution in [2.75, 3.05) is 19.0 Å². The first-order valence-electron chi connectivity index (χ1n) is 9.61. The molecular weight excluding hydrogens is 398 g/mol. The van der Waals surface area contributed by atoms with E-state index in [4.69, 9.17) is 4.74 Å². The first kappa shape index (κ1) is 23.2. The van der Waals surface area contributed by atoms with Gasteiger partial charge in [0.05, 0.1) is 22.0 Å². The summed E-state index contributed by atoms with van der Waals surface area (Å²) in [6.45, 7) is 6.07. The van der Waals surface area contributed by atoms with Gasteiger partial charge < -0.3 is 10.1 Å². The third-order valence-electron chi connectivity index (χ3n) is 4.35. The third-order valence-corrected chi connectivity index (χ3v) is 6.13. The number of rotatable bonds is 5. The Morgan fingerprint density at radius 3 is 1.60 bits per heavy atom. The Bertz CT molecular complexity index is 1000. The van der Waals surface area contributed by atoms with E-state index in [1.54, 1.807) is 67.6 Å². The fourth-order valence-corrected chi connectivity index (χ4v) is 3.82. The predicted molar refractivity (Wildman–Crippen MR) is 120 cm³/mol. The molecule has 0 atom stereocenters. The highest BCUT2D eigenvalue weighted by Crippen LogP contribution is 2.21. The molecule has 30 heavy (non-hydrogen) atoms. The zero-order chi connectivity index (χ0) is 22.1. The summed E-state index contributed by atoms with van der Waals surface area (Å²) in [6.07, 6.45) is 0. The molecule has 0 aromatic heterocycles. The van der Waals surface area contributed by atoms with Crippen LogP contribution in [-0.4, -0.2) is 28.0 Å². The van der Waals surface area contributed by atoms with Crippen molar-refractivity contribution < 1.29 is 17.9 Å². The Kier molecular flexibility index (Phi) is 8.18. The van der Waals surface area contributed by atoms with Gasteiger partial charge in [0.15, 0.2) is 0 Å². The molecule has 0 saturated carbocycles. The van der Waals surface area contributed by atoms with Crippen LogP contribution in [0.15, 0.2) is 82.6 Å². The van der Waals surface area contributed by atoms with E-state index in [-0.39, 0.29) is 5.97 Å². The van der Waals surface area contributed by atoms with Crippen LogP contribution in [0.4, 0.5) is 5.69 Å². The molecule has 0 fully saturated rings. The van der Waals surface area contributed by atoms with Crippen molar-refractivity contribution in [3.63, 3.8) is 0 Å². The summed E-state index contributed by atoms with van der Waals surface area (Å²) in [4.78, 5) is 11.9. The normalized spacial score (nSPS) is 10.5. The molecule has 1 N–H and O–H groups in total. The van der Waals surface area contributed by atoms with Crippen molar-refractivity contribution in [3.8, 4) is 0 Å². The molecule has 0 aliphatic rings. The molecule has 3 rings (SSSR count). The lowest BCUT2D eigenvalue weighted by Gasteiger charge is -2.05. The van der Waals surface area contributed by atoms with E-state index in [0.29, 0.717) is 22.0 Å². The molecule has 0 radical (unpaired) electrons. The molecule has 0 unspecified atom stereocenters. The van der Waals surface area contributed by atoms with Gasteiger partial charge >= 0.3 is 5.97 Å². The summed E-state index contributed by atoms with van der Waals surface area (Å²) < 4.78 is 29.4. The minimum absolute atomic E-state index is 0.273. The van der Waals surface area contributed by atoms with Crippen LogP contribution in [0, 0.1) is 13.8 Å². The van der Waals surface area contributed by atoms with Gasteiger partial charge in [-0.2, -0.15) is 0 Å². The van der Waals surface area contributed by atoms with Crippen molar-refractivity contribution in [1.29, 1.82) is 0 Å². The summed E-state index contributed by atoms with van der Waals surface area (Å²) in [6, 6.07) is 21.0. The number of hydrogen-bond acceptors (Lipinski definition) is 5. The summed E-state index contributed by atoms with van der Waals surface area (Å²) in [5.74, 6) is -0.273. The van der Waals surface area contributed by atoms with Gasteiger partial charge in [0.2, 0.25) is 9.84 Å². The molecule has 0 amide bonds. The van der Waals surface area contributed by atoms with Crippen molar-refractivity contribution in [2.24, 2.45) is 0 Å². The molecule has 3 aromatic rings. The van der Waals surface area contributed by atoms with Crippen molar-refractivity contribution in [2.45, 2.75) is 30.6 Å². The van der Waals surface area contributed by atoms with Gasteiger partial charge in [-0.05, 0) is 69.3 Å². The molecule has 0 spiro atoms. The molecule has 0 aliphatic heterocycles. The lowest BCUT2D eigenvalue weighted by atomic mass is 10.2. The van der Waals surface area contributed by atoms with Crippen LogP contribution in [0.25, 0.3) is 0 Å². The Morgan fingerprint density at radius 2 is 1.23 bits per heavy atom. The second-order valence-electron chi connectivity index (χ2n) is 6.68. The summed E-state index contributed by atoms with van der Waals surface area (Å²) in [5, 5.41) is 2.97. The molecular formula is C24H27NO4S. The SMILES string of the molecule is CCOC(=O)c1ccc(NC)cc1.Cc1ccc(S(=O)(=O)c2ccc(C)cc2)cc1. The lowest BCUT2D eigenvalue weighted by Crippen LogP contribution is -2.04. The minimum atomic E-state index is -3.37. The van der Waals surface area contributed by atoms with E-state index in [1.807, 2.05) is 33.0 Å². The fourth-order valence-electron chi connectivity index (χ4n) is 2.56. The van der Waals surface area contributed by atoms with E-state index in [0.717, 1.165) is 16.8 Å². The van der Waals surface area contributed by atoms with Crippen molar-refractivity contribution in [1.82, 2.24) is 0 Å². The van der Waals surface area contributed by atoms with Crippen LogP contribution < -0.4 is 5.32 Å². The number of carbonyl (C=O) groups excluding carboxylic acids is 1. The number of sulfone groups is 1. The fraction of sp³-hybridized carbons (Fsp3) is 0.208. The van der Waals surface area contributed by atoms with Crippen molar-refractivity contribution in [3.05, 3.63) is 89.5 Å². The van der Waals surface area contributed by atoms with E-state index in [2.05, 4.69) is 5.32 Å². The van der Waals surface area contributed by atoms with Gasteiger partial charge in [-0.25, -0.2) is 13.2 Å². The highest BCUT2D eigenvalue weighted by atomic mass is 32.2. The zero-order valence-corrected chi connectivity index (χ0v) is 18.5. The van der Waals surface area contributed by atoms with Gasteiger partial charge in [0, 0.05) is 12.7 Å². The molecule has 0 bridgehead atoms. The standard InChI is InChI=1S/C14H14O2S.C10H13NO2/c1-11-3-7-13(8-4-11)17(15,16)14-9-5-12(2)6-10-14;1-3-13-10(12)8-4-6-9(11-2)7-5-8/h3-10H,1-2H3;4-7,11H,3H2,1-2H3. The number of aryl methyl sites for hydroxylation is 2. The van der Waals surface area contributed by atoms with Gasteiger partial charge in [-0.3, -0.25) is 0 Å². The maximum Gasteiger partial charge on any atom is 0.338 e. The highest BCUT2D eigenvalue weighted by Gasteiger charge is 2.16. The van der Waals surface area contributed by atoms with E-state index < -0.39 is 9.84 Å². The topological polar surface area (TPSA) is 72.5 Å². The van der Waals surface area contributed by atoms with Crippen LogP contribution in [0.5, 0.6) is 0 Å². The molecule has 0 aliphatic carbocycles. The third kappa shape index (κ3) is 6.19. The van der Waals surface area contributed by atoms with Gasteiger partial charge in [0.1, 0.15) is 0 Å². The van der Waals surface area contributed by atoms with E-state index >= 15 is 0 Å². The average Bonchev–Trinajstić information content (AvgIpc) is 2.75. The predicted octanol–water partition coefficient (Wildman–Crippen LogP) is 5.04.